The van der Waals surface area contributed by atoms with Gasteiger partial charge in [-0.05, 0) is 13.5 Å². The van der Waals surface area contributed by atoms with Crippen molar-refractivity contribution in [1.82, 2.24) is 10.2 Å². The van der Waals surface area contributed by atoms with Gasteiger partial charge in [0.25, 0.3) is 0 Å². The molecule has 0 aliphatic carbocycles. The minimum absolute atomic E-state index is 0.170. The minimum Gasteiger partial charge on any atom is -0.333 e. The summed E-state index contributed by atoms with van der Waals surface area (Å²) in [6.07, 6.45) is -2.97. The Balaban J connectivity index is 4.49. The average molecular weight is 254 g/mol. The summed E-state index contributed by atoms with van der Waals surface area (Å²) in [5.74, 6) is -0.871. The van der Waals surface area contributed by atoms with Gasteiger partial charge in [-0.25, -0.2) is 0 Å². The third-order valence-electron chi connectivity index (χ3n) is 2.40. The summed E-state index contributed by atoms with van der Waals surface area (Å²) in [7, 11) is 1.67. The molecule has 0 aromatic rings. The largest absolute Gasteiger partial charge is 0.406 e. The molecule has 0 saturated heterocycles. The molecule has 17 heavy (non-hydrogen) atoms. The first-order valence-electron chi connectivity index (χ1n) is 5.82. The quantitative estimate of drug-likeness (QED) is 0.754. The van der Waals surface area contributed by atoms with Crippen LogP contribution in [0.25, 0.3) is 0 Å². The van der Waals surface area contributed by atoms with E-state index in [1.165, 1.54) is 0 Å². The van der Waals surface area contributed by atoms with Crippen molar-refractivity contribution in [3.63, 3.8) is 0 Å². The Kier molecular flexibility index (Phi) is 7.18. The molecule has 0 aliphatic rings. The molecule has 1 N–H and O–H groups in total. The van der Waals surface area contributed by atoms with Gasteiger partial charge in [0, 0.05) is 19.0 Å². The van der Waals surface area contributed by atoms with Crippen LogP contribution in [0.1, 0.15) is 26.7 Å². The third-order valence-corrected chi connectivity index (χ3v) is 2.40. The van der Waals surface area contributed by atoms with Crippen LogP contribution in [0.5, 0.6) is 0 Å². The van der Waals surface area contributed by atoms with Gasteiger partial charge < -0.3 is 10.2 Å². The topological polar surface area (TPSA) is 32.3 Å². The summed E-state index contributed by atoms with van der Waals surface area (Å²) in [6.45, 7) is 2.92. The Bertz CT molecular complexity index is 231. The first-order chi connectivity index (χ1) is 7.81. The zero-order chi connectivity index (χ0) is 13.5. The summed E-state index contributed by atoms with van der Waals surface area (Å²) in [4.78, 5) is 12.7. The first-order valence-corrected chi connectivity index (χ1v) is 5.82. The van der Waals surface area contributed by atoms with E-state index in [0.717, 1.165) is 11.3 Å². The van der Waals surface area contributed by atoms with E-state index in [9.17, 15) is 18.0 Å². The first kappa shape index (κ1) is 16.2. The van der Waals surface area contributed by atoms with Gasteiger partial charge in [0.15, 0.2) is 0 Å². The van der Waals surface area contributed by atoms with Gasteiger partial charge in [-0.2, -0.15) is 13.2 Å². The molecule has 0 bridgehead atoms. The van der Waals surface area contributed by atoms with E-state index in [4.69, 9.17) is 0 Å². The zero-order valence-electron chi connectivity index (χ0n) is 10.6. The standard InChI is InChI=1S/C11H21F3N2O/c1-4-5-6-16(8-11(12,13)14)10(17)9(2)7-15-3/h9,15H,4-8H2,1-3H3. The molecule has 1 unspecified atom stereocenters. The Morgan fingerprint density at radius 3 is 2.41 bits per heavy atom. The monoisotopic (exact) mass is 254 g/mol. The Morgan fingerprint density at radius 1 is 1.41 bits per heavy atom. The number of hydrogen-bond acceptors (Lipinski definition) is 2. The molecule has 0 radical (unpaired) electrons. The van der Waals surface area contributed by atoms with Crippen molar-refractivity contribution in [1.29, 1.82) is 0 Å². The van der Waals surface area contributed by atoms with Crippen molar-refractivity contribution in [2.75, 3.05) is 26.7 Å². The summed E-state index contributed by atoms with van der Waals surface area (Å²) in [6, 6.07) is 0. The molecule has 102 valence electrons. The molecule has 0 rings (SSSR count). The number of nitrogens with zero attached hydrogens (tertiary/aromatic N) is 1. The van der Waals surface area contributed by atoms with Gasteiger partial charge >= 0.3 is 6.18 Å². The molecular weight excluding hydrogens is 233 g/mol. The number of carbonyl (C=O) groups is 1. The van der Waals surface area contributed by atoms with Crippen LogP contribution < -0.4 is 5.32 Å². The van der Waals surface area contributed by atoms with Crippen LogP contribution in [0.15, 0.2) is 0 Å². The fourth-order valence-electron chi connectivity index (χ4n) is 1.54. The SMILES string of the molecule is CCCCN(CC(F)(F)F)C(=O)C(C)CNC. The lowest BCUT2D eigenvalue weighted by Gasteiger charge is -2.26. The molecule has 0 aromatic heterocycles. The zero-order valence-corrected chi connectivity index (χ0v) is 10.6. The summed E-state index contributed by atoms with van der Waals surface area (Å²) < 4.78 is 37.0. The maximum Gasteiger partial charge on any atom is 0.406 e. The Morgan fingerprint density at radius 2 is 2.00 bits per heavy atom. The average Bonchev–Trinajstić information content (AvgIpc) is 2.22. The second kappa shape index (κ2) is 7.53. The van der Waals surface area contributed by atoms with Crippen LogP contribution in [0.3, 0.4) is 0 Å². The van der Waals surface area contributed by atoms with Crippen LogP contribution in [-0.2, 0) is 4.79 Å². The van der Waals surface area contributed by atoms with E-state index >= 15 is 0 Å². The number of rotatable bonds is 7. The van der Waals surface area contributed by atoms with E-state index in [1.54, 1.807) is 14.0 Å². The predicted octanol–water partition coefficient (Wildman–Crippen LogP) is 2.03. The van der Waals surface area contributed by atoms with Crippen molar-refractivity contribution < 1.29 is 18.0 Å². The second-order valence-electron chi connectivity index (χ2n) is 4.19. The molecule has 1 amide bonds. The minimum atomic E-state index is -4.33. The molecule has 0 heterocycles. The van der Waals surface area contributed by atoms with E-state index in [2.05, 4.69) is 5.32 Å². The maximum atomic E-state index is 12.3. The molecule has 3 nitrogen and oxygen atoms in total. The summed E-state index contributed by atoms with van der Waals surface area (Å²) in [5.41, 5.74) is 0. The van der Waals surface area contributed by atoms with E-state index < -0.39 is 24.5 Å². The van der Waals surface area contributed by atoms with Crippen LogP contribution in [0.4, 0.5) is 13.2 Å². The summed E-state index contributed by atoms with van der Waals surface area (Å²) >= 11 is 0. The number of alkyl halides is 3. The molecule has 1 atom stereocenters. The lowest BCUT2D eigenvalue weighted by molar-refractivity contribution is -0.163. The Hall–Kier alpha value is -0.780. The van der Waals surface area contributed by atoms with Crippen molar-refractivity contribution in [2.24, 2.45) is 5.92 Å². The number of nitrogens with one attached hydrogen (secondary N) is 1. The van der Waals surface area contributed by atoms with Gasteiger partial charge in [-0.15, -0.1) is 0 Å². The molecule has 0 spiro atoms. The van der Waals surface area contributed by atoms with E-state index in [0.29, 0.717) is 13.0 Å². The van der Waals surface area contributed by atoms with Crippen LogP contribution in [-0.4, -0.2) is 43.7 Å². The molecule has 0 fully saturated rings. The number of hydrogen-bond donors (Lipinski definition) is 1. The molecule has 6 heteroatoms. The van der Waals surface area contributed by atoms with Gasteiger partial charge in [-0.1, -0.05) is 20.3 Å². The van der Waals surface area contributed by atoms with Crippen molar-refractivity contribution >= 4 is 5.91 Å². The van der Waals surface area contributed by atoms with Gasteiger partial charge in [-0.3, -0.25) is 4.79 Å². The van der Waals surface area contributed by atoms with Crippen LogP contribution in [0, 0.1) is 5.92 Å². The smallest absolute Gasteiger partial charge is 0.333 e. The molecule has 0 aliphatic heterocycles. The second-order valence-corrected chi connectivity index (χ2v) is 4.19. The fraction of sp³-hybridized carbons (Fsp3) is 0.909. The molecular formula is C11H21F3N2O. The van der Waals surface area contributed by atoms with Gasteiger partial charge in [0.05, 0.1) is 0 Å². The van der Waals surface area contributed by atoms with Crippen LogP contribution in [0.2, 0.25) is 0 Å². The normalized spacial score (nSPS) is 13.5. The summed E-state index contributed by atoms with van der Waals surface area (Å²) in [5, 5.41) is 2.79. The Labute approximate surface area is 100 Å². The van der Waals surface area contributed by atoms with Gasteiger partial charge in [0.2, 0.25) is 5.91 Å². The highest BCUT2D eigenvalue weighted by molar-refractivity contribution is 5.78. The van der Waals surface area contributed by atoms with E-state index in [-0.39, 0.29) is 6.54 Å². The highest BCUT2D eigenvalue weighted by atomic mass is 19.4. The number of halogens is 3. The fourth-order valence-corrected chi connectivity index (χ4v) is 1.54. The lowest BCUT2D eigenvalue weighted by atomic mass is 10.1. The molecule has 0 saturated carbocycles. The number of amides is 1. The van der Waals surface area contributed by atoms with Crippen molar-refractivity contribution in [3.8, 4) is 0 Å². The maximum absolute atomic E-state index is 12.3. The number of carbonyl (C=O) groups excluding carboxylic acids is 1. The lowest BCUT2D eigenvalue weighted by Crippen LogP contribution is -2.44. The highest BCUT2D eigenvalue weighted by Crippen LogP contribution is 2.18. The number of unbranched alkanes of at least 4 members (excludes halogenated alkanes) is 1. The predicted molar refractivity (Wildman–Crippen MR) is 60.6 cm³/mol. The van der Waals surface area contributed by atoms with Crippen molar-refractivity contribution in [3.05, 3.63) is 0 Å². The highest BCUT2D eigenvalue weighted by Gasteiger charge is 2.33. The van der Waals surface area contributed by atoms with Gasteiger partial charge in [0.1, 0.15) is 6.54 Å². The van der Waals surface area contributed by atoms with Crippen molar-refractivity contribution in [2.45, 2.75) is 32.9 Å². The van der Waals surface area contributed by atoms with E-state index in [1.807, 2.05) is 6.92 Å². The molecule has 0 aromatic carbocycles. The van der Waals surface area contributed by atoms with Crippen LogP contribution >= 0.6 is 0 Å². The third kappa shape index (κ3) is 7.20.